The number of amides is 1. The Morgan fingerprint density at radius 3 is 2.41 bits per heavy atom. The van der Waals surface area contributed by atoms with Gasteiger partial charge in [-0.05, 0) is 56.9 Å². The van der Waals surface area contributed by atoms with Gasteiger partial charge in [-0.2, -0.15) is 4.98 Å². The monoisotopic (exact) mass is 465 g/mol. The minimum atomic E-state index is -0.516. The molecule has 2 aromatic heterocycles. The van der Waals surface area contributed by atoms with Gasteiger partial charge >= 0.3 is 6.09 Å². The highest BCUT2D eigenvalue weighted by Crippen LogP contribution is 2.21. The molecule has 0 radical (unpaired) electrons. The van der Waals surface area contributed by atoms with E-state index in [9.17, 15) is 4.79 Å². The van der Waals surface area contributed by atoms with Crippen molar-refractivity contribution in [3.63, 3.8) is 0 Å². The first kappa shape index (κ1) is 24.7. The summed E-state index contributed by atoms with van der Waals surface area (Å²) >= 11 is 0. The average Bonchev–Trinajstić information content (AvgIpc) is 2.78. The van der Waals surface area contributed by atoms with Crippen LogP contribution < -0.4 is 21.1 Å². The number of benzene rings is 1. The second-order valence-corrected chi connectivity index (χ2v) is 8.60. The van der Waals surface area contributed by atoms with Crippen molar-refractivity contribution < 1.29 is 14.3 Å². The SMILES string of the molecule is CCc1cnc(NCc2cc(Oc3ccc(CCNC(=O)OC(C)(C)C)cc3)nc(N)n2)nc1. The number of nitrogens with zero attached hydrogens (tertiary/aromatic N) is 4. The maximum atomic E-state index is 11.7. The van der Waals surface area contributed by atoms with Crippen LogP contribution in [-0.2, 0) is 24.1 Å². The quantitative estimate of drug-likeness (QED) is 0.430. The molecule has 0 aliphatic carbocycles. The largest absolute Gasteiger partial charge is 0.444 e. The van der Waals surface area contributed by atoms with Gasteiger partial charge in [0.25, 0.3) is 0 Å². The van der Waals surface area contributed by atoms with Crippen LogP contribution in [-0.4, -0.2) is 38.2 Å². The number of carbonyl (C=O) groups excluding carboxylic acids is 1. The minimum absolute atomic E-state index is 0.112. The number of nitrogens with one attached hydrogen (secondary N) is 2. The van der Waals surface area contributed by atoms with E-state index in [-0.39, 0.29) is 5.95 Å². The van der Waals surface area contributed by atoms with Crippen LogP contribution in [0.1, 0.15) is 44.5 Å². The zero-order valence-electron chi connectivity index (χ0n) is 20.0. The van der Waals surface area contributed by atoms with Crippen molar-refractivity contribution in [1.29, 1.82) is 0 Å². The third kappa shape index (κ3) is 8.19. The highest BCUT2D eigenvalue weighted by molar-refractivity contribution is 5.67. The van der Waals surface area contributed by atoms with Gasteiger partial charge in [-0.15, -0.1) is 0 Å². The van der Waals surface area contributed by atoms with E-state index in [1.807, 2.05) is 45.0 Å². The molecule has 0 aliphatic rings. The molecule has 0 atom stereocenters. The number of aromatic nitrogens is 4. The van der Waals surface area contributed by atoms with Gasteiger partial charge in [-0.1, -0.05) is 19.1 Å². The molecule has 4 N–H and O–H groups in total. The number of anilines is 2. The number of nitrogen functional groups attached to an aromatic ring is 1. The lowest BCUT2D eigenvalue weighted by Gasteiger charge is -2.19. The second kappa shape index (κ2) is 11.3. The lowest BCUT2D eigenvalue weighted by Crippen LogP contribution is -2.33. The van der Waals surface area contributed by atoms with Crippen molar-refractivity contribution in [3.05, 3.63) is 59.5 Å². The molecule has 2 heterocycles. The summed E-state index contributed by atoms with van der Waals surface area (Å²) in [7, 11) is 0. The van der Waals surface area contributed by atoms with E-state index in [0.29, 0.717) is 42.8 Å². The maximum Gasteiger partial charge on any atom is 0.407 e. The molecule has 0 saturated carbocycles. The number of alkyl carbamates (subject to hydrolysis) is 1. The van der Waals surface area contributed by atoms with Crippen LogP contribution in [0.25, 0.3) is 0 Å². The molecule has 10 nitrogen and oxygen atoms in total. The molecule has 180 valence electrons. The summed E-state index contributed by atoms with van der Waals surface area (Å²) in [5.74, 6) is 1.57. The van der Waals surface area contributed by atoms with Gasteiger partial charge in [0.05, 0.1) is 12.2 Å². The maximum absolute atomic E-state index is 11.7. The molecule has 1 aromatic carbocycles. The first-order valence-corrected chi connectivity index (χ1v) is 11.1. The molecule has 0 aliphatic heterocycles. The van der Waals surface area contributed by atoms with E-state index in [1.54, 1.807) is 18.5 Å². The zero-order valence-corrected chi connectivity index (χ0v) is 20.0. The molecular weight excluding hydrogens is 434 g/mol. The topological polar surface area (TPSA) is 137 Å². The Labute approximate surface area is 199 Å². The van der Waals surface area contributed by atoms with Gasteiger partial charge in [0.2, 0.25) is 17.8 Å². The fourth-order valence-electron chi connectivity index (χ4n) is 2.90. The van der Waals surface area contributed by atoms with E-state index in [2.05, 4.69) is 37.5 Å². The molecular formula is C24H31N7O3. The highest BCUT2D eigenvalue weighted by atomic mass is 16.6. The van der Waals surface area contributed by atoms with Gasteiger partial charge in [0, 0.05) is 25.0 Å². The van der Waals surface area contributed by atoms with Crippen molar-refractivity contribution in [2.45, 2.75) is 52.7 Å². The Morgan fingerprint density at radius 2 is 1.76 bits per heavy atom. The van der Waals surface area contributed by atoms with Crippen LogP contribution in [0.2, 0.25) is 0 Å². The van der Waals surface area contributed by atoms with E-state index < -0.39 is 11.7 Å². The number of hydrogen-bond acceptors (Lipinski definition) is 9. The standard InChI is InChI=1S/C24H31N7O3/c1-5-16-13-27-22(28-14-16)29-15-18-12-20(31-21(25)30-18)33-19-8-6-17(7-9-19)10-11-26-23(32)34-24(2,3)4/h6-9,12-14H,5,10-11,15H2,1-4H3,(H,26,32)(H2,25,30,31)(H,27,28,29). The lowest BCUT2D eigenvalue weighted by molar-refractivity contribution is 0.0528. The number of nitrogens with two attached hydrogens (primary N) is 1. The Kier molecular flexibility index (Phi) is 8.18. The van der Waals surface area contributed by atoms with E-state index >= 15 is 0 Å². The van der Waals surface area contributed by atoms with Gasteiger partial charge in [0.15, 0.2) is 0 Å². The predicted octanol–water partition coefficient (Wildman–Crippen LogP) is 3.88. The molecule has 0 saturated heterocycles. The number of rotatable bonds is 9. The molecule has 3 rings (SSSR count). The summed E-state index contributed by atoms with van der Waals surface area (Å²) in [5.41, 5.74) is 8.10. The summed E-state index contributed by atoms with van der Waals surface area (Å²) < 4.78 is 11.1. The average molecular weight is 466 g/mol. The normalized spacial score (nSPS) is 11.1. The van der Waals surface area contributed by atoms with Crippen molar-refractivity contribution in [2.24, 2.45) is 0 Å². The van der Waals surface area contributed by atoms with Crippen LogP contribution in [0.3, 0.4) is 0 Å². The van der Waals surface area contributed by atoms with Crippen molar-refractivity contribution >= 4 is 18.0 Å². The van der Waals surface area contributed by atoms with Crippen LogP contribution in [0.5, 0.6) is 11.6 Å². The fourth-order valence-corrected chi connectivity index (χ4v) is 2.90. The number of hydrogen-bond donors (Lipinski definition) is 3. The Morgan fingerprint density at radius 1 is 1.06 bits per heavy atom. The molecule has 1 amide bonds. The van der Waals surface area contributed by atoms with Gasteiger partial charge in [-0.25, -0.2) is 19.7 Å². The van der Waals surface area contributed by atoms with Gasteiger partial charge in [-0.3, -0.25) is 0 Å². The number of aryl methyl sites for hydroxylation is 1. The van der Waals surface area contributed by atoms with Crippen molar-refractivity contribution in [1.82, 2.24) is 25.3 Å². The Hall–Kier alpha value is -3.95. The molecule has 0 fully saturated rings. The van der Waals surface area contributed by atoms with E-state index in [4.69, 9.17) is 15.2 Å². The summed E-state index contributed by atoms with van der Waals surface area (Å²) in [6, 6.07) is 9.24. The lowest BCUT2D eigenvalue weighted by atomic mass is 10.1. The van der Waals surface area contributed by atoms with E-state index in [0.717, 1.165) is 17.5 Å². The molecule has 0 unspecified atom stereocenters. The van der Waals surface area contributed by atoms with E-state index in [1.165, 1.54) is 0 Å². The van der Waals surface area contributed by atoms with Gasteiger partial charge < -0.3 is 25.8 Å². The fraction of sp³-hybridized carbons (Fsp3) is 0.375. The summed E-state index contributed by atoms with van der Waals surface area (Å²) in [6.07, 6.45) is 4.69. The Bertz CT molecular complexity index is 1080. The molecule has 10 heteroatoms. The number of carbonyl (C=O) groups is 1. The van der Waals surface area contributed by atoms with Crippen LogP contribution in [0, 0.1) is 0 Å². The highest BCUT2D eigenvalue weighted by Gasteiger charge is 2.15. The van der Waals surface area contributed by atoms with Gasteiger partial charge in [0.1, 0.15) is 11.4 Å². The third-order valence-electron chi connectivity index (χ3n) is 4.54. The second-order valence-electron chi connectivity index (χ2n) is 8.60. The minimum Gasteiger partial charge on any atom is -0.444 e. The first-order valence-electron chi connectivity index (χ1n) is 11.1. The molecule has 0 bridgehead atoms. The van der Waals surface area contributed by atoms with Crippen molar-refractivity contribution in [2.75, 3.05) is 17.6 Å². The molecule has 3 aromatic rings. The molecule has 0 spiro atoms. The van der Waals surface area contributed by atoms with Crippen LogP contribution in [0.4, 0.5) is 16.7 Å². The Balaban J connectivity index is 1.52. The van der Waals surface area contributed by atoms with Crippen LogP contribution >= 0.6 is 0 Å². The molecule has 34 heavy (non-hydrogen) atoms. The number of ether oxygens (including phenoxy) is 2. The first-order chi connectivity index (χ1) is 16.2. The third-order valence-corrected chi connectivity index (χ3v) is 4.54. The van der Waals surface area contributed by atoms with Crippen molar-refractivity contribution in [3.8, 4) is 11.6 Å². The summed E-state index contributed by atoms with van der Waals surface area (Å²) in [5, 5.41) is 5.86. The summed E-state index contributed by atoms with van der Waals surface area (Å²) in [6.45, 7) is 8.38. The van der Waals surface area contributed by atoms with Crippen LogP contribution in [0.15, 0.2) is 42.7 Å². The predicted molar refractivity (Wildman–Crippen MR) is 130 cm³/mol. The smallest absolute Gasteiger partial charge is 0.407 e. The zero-order chi connectivity index (χ0) is 24.6. The summed E-state index contributed by atoms with van der Waals surface area (Å²) in [4.78, 5) is 28.7.